The second kappa shape index (κ2) is 6.32. The molecule has 116 valence electrons. The summed E-state index contributed by atoms with van der Waals surface area (Å²) in [6, 6.07) is 10.4. The number of rotatable bonds is 6. The molecule has 3 aromatic rings. The first-order valence-corrected chi connectivity index (χ1v) is 7.74. The third-order valence-corrected chi connectivity index (χ3v) is 3.69. The molecule has 2 aromatic heterocycles. The maximum Gasteiger partial charge on any atom is 0.124 e. The fraction of sp³-hybridized carbons (Fsp3) is 0.412. The Morgan fingerprint density at radius 1 is 1.18 bits per heavy atom. The summed E-state index contributed by atoms with van der Waals surface area (Å²) in [6.45, 7) is 7.14. The number of aromatic nitrogens is 4. The standard InChI is InChI=1S/C17H23N5/c1-13(2)10-22-16-7-5-4-6-15(16)19-17(22)12-21(3)11-14-8-9-18-20-14/h4-9,13H,10-12H2,1-3H3,(H,18,20). The zero-order valence-electron chi connectivity index (χ0n) is 13.5. The number of hydrogen-bond donors (Lipinski definition) is 1. The second-order valence-electron chi connectivity index (χ2n) is 6.28. The van der Waals surface area contributed by atoms with Gasteiger partial charge in [-0.2, -0.15) is 5.10 Å². The SMILES string of the molecule is CC(C)Cn1c(CN(C)Cc2ccn[nH]2)nc2ccccc21. The van der Waals surface area contributed by atoms with Crippen LogP contribution in [-0.4, -0.2) is 31.7 Å². The average Bonchev–Trinajstić information content (AvgIpc) is 3.08. The molecule has 5 heteroatoms. The lowest BCUT2D eigenvalue weighted by atomic mass is 10.2. The molecule has 1 N–H and O–H groups in total. The summed E-state index contributed by atoms with van der Waals surface area (Å²) in [5.41, 5.74) is 3.42. The third-order valence-electron chi connectivity index (χ3n) is 3.69. The number of H-pyrrole nitrogens is 1. The minimum atomic E-state index is 0.592. The first-order chi connectivity index (χ1) is 10.6. The van der Waals surface area contributed by atoms with Gasteiger partial charge in [-0.3, -0.25) is 10.00 Å². The van der Waals surface area contributed by atoms with Gasteiger partial charge in [0.15, 0.2) is 0 Å². The molecule has 2 heterocycles. The zero-order valence-corrected chi connectivity index (χ0v) is 13.5. The smallest absolute Gasteiger partial charge is 0.124 e. The van der Waals surface area contributed by atoms with Gasteiger partial charge in [-0.15, -0.1) is 0 Å². The summed E-state index contributed by atoms with van der Waals surface area (Å²) in [4.78, 5) is 7.09. The molecule has 1 aromatic carbocycles. The van der Waals surface area contributed by atoms with Crippen molar-refractivity contribution in [2.45, 2.75) is 33.5 Å². The van der Waals surface area contributed by atoms with E-state index in [0.717, 1.165) is 36.7 Å². The number of benzene rings is 1. The molecule has 0 atom stereocenters. The minimum absolute atomic E-state index is 0.592. The molecule has 0 aliphatic rings. The third kappa shape index (κ3) is 3.20. The van der Waals surface area contributed by atoms with Gasteiger partial charge in [-0.1, -0.05) is 26.0 Å². The topological polar surface area (TPSA) is 49.7 Å². The Kier molecular flexibility index (Phi) is 4.24. The van der Waals surface area contributed by atoms with Crippen LogP contribution < -0.4 is 0 Å². The van der Waals surface area contributed by atoms with E-state index < -0.39 is 0 Å². The quantitative estimate of drug-likeness (QED) is 0.761. The molecule has 3 rings (SSSR count). The maximum atomic E-state index is 4.83. The van der Waals surface area contributed by atoms with Crippen molar-refractivity contribution in [3.8, 4) is 0 Å². The predicted octanol–water partition coefficient (Wildman–Crippen LogP) is 3.05. The van der Waals surface area contributed by atoms with E-state index in [1.807, 2.05) is 12.1 Å². The van der Waals surface area contributed by atoms with Crippen LogP contribution in [0.3, 0.4) is 0 Å². The van der Waals surface area contributed by atoms with Crippen LogP contribution in [0.15, 0.2) is 36.5 Å². The molecule has 5 nitrogen and oxygen atoms in total. The first-order valence-electron chi connectivity index (χ1n) is 7.74. The Morgan fingerprint density at radius 2 is 2.00 bits per heavy atom. The molecule has 0 unspecified atom stereocenters. The van der Waals surface area contributed by atoms with E-state index in [2.05, 4.69) is 58.8 Å². The highest BCUT2D eigenvalue weighted by Crippen LogP contribution is 2.19. The molecule has 0 saturated heterocycles. The lowest BCUT2D eigenvalue weighted by Crippen LogP contribution is -2.21. The highest BCUT2D eigenvalue weighted by atomic mass is 15.2. The van der Waals surface area contributed by atoms with Gasteiger partial charge in [0.1, 0.15) is 5.82 Å². The second-order valence-corrected chi connectivity index (χ2v) is 6.28. The lowest BCUT2D eigenvalue weighted by molar-refractivity contribution is 0.299. The Hall–Kier alpha value is -2.14. The van der Waals surface area contributed by atoms with E-state index in [0.29, 0.717) is 5.92 Å². The van der Waals surface area contributed by atoms with E-state index in [1.165, 1.54) is 5.52 Å². The van der Waals surface area contributed by atoms with Crippen LogP contribution in [0.1, 0.15) is 25.4 Å². The van der Waals surface area contributed by atoms with Crippen molar-refractivity contribution in [2.24, 2.45) is 5.92 Å². The van der Waals surface area contributed by atoms with Crippen LogP contribution in [-0.2, 0) is 19.6 Å². The van der Waals surface area contributed by atoms with Gasteiger partial charge in [0, 0.05) is 25.0 Å². The molecule has 0 radical (unpaired) electrons. The molecule has 0 aliphatic heterocycles. The van der Waals surface area contributed by atoms with Gasteiger partial charge in [-0.25, -0.2) is 4.98 Å². The summed E-state index contributed by atoms with van der Waals surface area (Å²) in [7, 11) is 2.11. The number of imidazole rings is 1. The Morgan fingerprint density at radius 3 is 2.73 bits per heavy atom. The van der Waals surface area contributed by atoms with Crippen LogP contribution in [0.2, 0.25) is 0 Å². The summed E-state index contributed by atoms with van der Waals surface area (Å²) < 4.78 is 2.35. The highest BCUT2D eigenvalue weighted by molar-refractivity contribution is 5.75. The number of fused-ring (bicyclic) bond motifs is 1. The van der Waals surface area contributed by atoms with Crippen LogP contribution in [0.5, 0.6) is 0 Å². The molecule has 0 amide bonds. The normalized spacial score (nSPS) is 11.9. The number of nitrogens with zero attached hydrogens (tertiary/aromatic N) is 4. The summed E-state index contributed by atoms with van der Waals surface area (Å²) in [6.07, 6.45) is 1.79. The molecule has 0 saturated carbocycles. The van der Waals surface area contributed by atoms with Crippen molar-refractivity contribution in [3.63, 3.8) is 0 Å². The Bertz CT molecular complexity index is 727. The lowest BCUT2D eigenvalue weighted by Gasteiger charge is -2.17. The van der Waals surface area contributed by atoms with E-state index in [-0.39, 0.29) is 0 Å². The van der Waals surface area contributed by atoms with Gasteiger partial charge in [0.2, 0.25) is 0 Å². The number of aromatic amines is 1. The van der Waals surface area contributed by atoms with Crippen molar-refractivity contribution in [1.29, 1.82) is 0 Å². The fourth-order valence-corrected chi connectivity index (χ4v) is 2.78. The van der Waals surface area contributed by atoms with Gasteiger partial charge in [0.05, 0.1) is 17.6 Å². The van der Waals surface area contributed by atoms with Gasteiger partial charge >= 0.3 is 0 Å². The molecular weight excluding hydrogens is 274 g/mol. The highest BCUT2D eigenvalue weighted by Gasteiger charge is 2.13. The van der Waals surface area contributed by atoms with Crippen molar-refractivity contribution < 1.29 is 0 Å². The van der Waals surface area contributed by atoms with Crippen molar-refractivity contribution in [2.75, 3.05) is 7.05 Å². The minimum Gasteiger partial charge on any atom is -0.327 e. The summed E-state index contributed by atoms with van der Waals surface area (Å²) in [5, 5.41) is 7.01. The molecule has 0 bridgehead atoms. The molecular formula is C17H23N5. The fourth-order valence-electron chi connectivity index (χ4n) is 2.78. The van der Waals surface area contributed by atoms with Crippen molar-refractivity contribution in [3.05, 3.63) is 48.0 Å². The van der Waals surface area contributed by atoms with Crippen molar-refractivity contribution in [1.82, 2.24) is 24.6 Å². The Balaban J connectivity index is 1.85. The van der Waals surface area contributed by atoms with Gasteiger partial charge in [0.25, 0.3) is 0 Å². The summed E-state index contributed by atoms with van der Waals surface area (Å²) in [5.74, 6) is 1.71. The first kappa shape index (κ1) is 14.8. The molecule has 0 fully saturated rings. The predicted molar refractivity (Wildman–Crippen MR) is 88.3 cm³/mol. The average molecular weight is 297 g/mol. The van der Waals surface area contributed by atoms with Crippen LogP contribution >= 0.6 is 0 Å². The monoisotopic (exact) mass is 297 g/mol. The van der Waals surface area contributed by atoms with Crippen LogP contribution in [0.25, 0.3) is 11.0 Å². The van der Waals surface area contributed by atoms with Crippen molar-refractivity contribution >= 4 is 11.0 Å². The number of nitrogens with one attached hydrogen (secondary N) is 1. The van der Waals surface area contributed by atoms with Crippen LogP contribution in [0.4, 0.5) is 0 Å². The number of hydrogen-bond acceptors (Lipinski definition) is 3. The number of para-hydroxylation sites is 2. The summed E-state index contributed by atoms with van der Waals surface area (Å²) >= 11 is 0. The largest absolute Gasteiger partial charge is 0.327 e. The van der Waals surface area contributed by atoms with Gasteiger partial charge < -0.3 is 4.57 Å². The van der Waals surface area contributed by atoms with E-state index in [1.54, 1.807) is 6.20 Å². The molecule has 22 heavy (non-hydrogen) atoms. The van der Waals surface area contributed by atoms with Crippen LogP contribution in [0, 0.1) is 5.92 Å². The molecule has 0 aliphatic carbocycles. The Labute approximate surface area is 131 Å². The van der Waals surface area contributed by atoms with E-state index in [4.69, 9.17) is 4.98 Å². The van der Waals surface area contributed by atoms with E-state index in [9.17, 15) is 0 Å². The zero-order chi connectivity index (χ0) is 15.5. The van der Waals surface area contributed by atoms with E-state index >= 15 is 0 Å². The molecule has 0 spiro atoms. The van der Waals surface area contributed by atoms with Gasteiger partial charge in [-0.05, 0) is 31.2 Å². The maximum absolute atomic E-state index is 4.83.